The van der Waals surface area contributed by atoms with E-state index in [-0.39, 0.29) is 0 Å². The molecule has 0 amide bonds. The Morgan fingerprint density at radius 3 is 2.45 bits per heavy atom. The predicted octanol–water partition coefficient (Wildman–Crippen LogP) is 1.77. The summed E-state index contributed by atoms with van der Waals surface area (Å²) in [6.45, 7) is 4.47. The van der Waals surface area contributed by atoms with Gasteiger partial charge in [-0.25, -0.2) is 0 Å². The first-order valence-corrected chi connectivity index (χ1v) is 6.39. The van der Waals surface area contributed by atoms with Gasteiger partial charge in [-0.3, -0.25) is 4.21 Å². The molecule has 11 heavy (non-hydrogen) atoms. The van der Waals surface area contributed by atoms with Gasteiger partial charge in [-0.15, -0.1) is 0 Å². The predicted molar refractivity (Wildman–Crippen MR) is 52.6 cm³/mol. The van der Waals surface area contributed by atoms with E-state index >= 15 is 0 Å². The number of hydrogen-bond acceptors (Lipinski definition) is 1. The van der Waals surface area contributed by atoms with Crippen LogP contribution < -0.4 is 0 Å². The topological polar surface area (TPSA) is 17.1 Å². The van der Waals surface area contributed by atoms with E-state index in [0.29, 0.717) is 0 Å². The van der Waals surface area contributed by atoms with Crippen molar-refractivity contribution in [3.05, 3.63) is 0 Å². The van der Waals surface area contributed by atoms with Gasteiger partial charge in [0.25, 0.3) is 0 Å². The molecule has 0 aromatic rings. The maximum Gasteiger partial charge on any atom is 0.0196 e. The zero-order chi connectivity index (χ0) is 8.48. The molecule has 0 saturated carbocycles. The zero-order valence-corrected chi connectivity index (χ0v) is 8.32. The summed E-state index contributed by atoms with van der Waals surface area (Å²) in [5.41, 5.74) is 0. The van der Waals surface area contributed by atoms with Gasteiger partial charge in [0.15, 0.2) is 0 Å². The van der Waals surface area contributed by atoms with E-state index in [1.54, 1.807) is 0 Å². The zero-order valence-electron chi connectivity index (χ0n) is 7.51. The molecule has 0 aliphatic carbocycles. The summed E-state index contributed by atoms with van der Waals surface area (Å²) in [6, 6.07) is 0. The third kappa shape index (κ3) is 2.86. The number of hydrogen-bond donors (Lipinski definition) is 0. The van der Waals surface area contributed by atoms with Crippen LogP contribution in [0.2, 0.25) is 0 Å². The van der Waals surface area contributed by atoms with Crippen molar-refractivity contribution in [2.75, 3.05) is 11.5 Å². The van der Waals surface area contributed by atoms with Crippen LogP contribution in [-0.4, -0.2) is 21.6 Å². The van der Waals surface area contributed by atoms with E-state index in [4.69, 9.17) is 0 Å². The smallest absolute Gasteiger partial charge is 0.0196 e. The van der Waals surface area contributed by atoms with Gasteiger partial charge in [-0.05, 0) is 33.6 Å². The normalized spacial score (nSPS) is 37.2. The summed E-state index contributed by atoms with van der Waals surface area (Å²) in [4.78, 5) is 0. The molecule has 1 aliphatic rings. The van der Waals surface area contributed by atoms with Crippen LogP contribution in [-0.2, 0) is 9.52 Å². The highest BCUT2D eigenvalue weighted by Gasteiger charge is 2.27. The Labute approximate surface area is 70.2 Å². The average molecular weight is 174 g/mol. The summed E-state index contributed by atoms with van der Waals surface area (Å²) in [7, 11) is -1.58. The molecule has 0 bridgehead atoms. The van der Waals surface area contributed by atoms with E-state index in [0.717, 1.165) is 23.3 Å². The molecular formula is C9H18OS. The molecular weight excluding hydrogens is 156 g/mol. The molecule has 0 unspecified atom stereocenters. The lowest BCUT2D eigenvalue weighted by Crippen LogP contribution is -2.36. The van der Waals surface area contributed by atoms with Crippen molar-refractivity contribution in [3.8, 4) is 0 Å². The van der Waals surface area contributed by atoms with Crippen LogP contribution in [0.3, 0.4) is 0 Å². The molecule has 0 spiro atoms. The molecule has 66 valence electrons. The van der Waals surface area contributed by atoms with Gasteiger partial charge in [0.05, 0.1) is 0 Å². The Morgan fingerprint density at radius 2 is 2.09 bits per heavy atom. The van der Waals surface area contributed by atoms with Crippen LogP contribution in [0.25, 0.3) is 0 Å². The SMILES string of the molecule is C=S1(=O)CC(CCC(C)C)C1. The van der Waals surface area contributed by atoms with E-state index in [2.05, 4.69) is 19.7 Å². The lowest BCUT2D eigenvalue weighted by Gasteiger charge is -2.30. The first kappa shape index (κ1) is 9.11. The second-order valence-corrected chi connectivity index (χ2v) is 6.74. The Kier molecular flexibility index (Phi) is 2.63. The number of rotatable bonds is 3. The fourth-order valence-electron chi connectivity index (χ4n) is 1.55. The van der Waals surface area contributed by atoms with Gasteiger partial charge in [0, 0.05) is 11.5 Å². The average Bonchev–Trinajstić information content (AvgIpc) is 1.78. The molecule has 2 heteroatoms. The van der Waals surface area contributed by atoms with Crippen LogP contribution >= 0.6 is 0 Å². The van der Waals surface area contributed by atoms with Crippen LogP contribution in [0.5, 0.6) is 0 Å². The lowest BCUT2D eigenvalue weighted by atomic mass is 10.0. The fraction of sp³-hybridized carbons (Fsp3) is 0.889. The maximum atomic E-state index is 11.2. The fourth-order valence-corrected chi connectivity index (χ4v) is 3.50. The summed E-state index contributed by atoms with van der Waals surface area (Å²) in [5.74, 6) is 6.97. The monoisotopic (exact) mass is 174 g/mol. The minimum Gasteiger partial charge on any atom is -0.268 e. The quantitative estimate of drug-likeness (QED) is 0.596. The minimum absolute atomic E-state index is 0.724. The van der Waals surface area contributed by atoms with Crippen molar-refractivity contribution in [1.82, 2.24) is 0 Å². The highest BCUT2D eigenvalue weighted by molar-refractivity contribution is 8.01. The third-order valence-electron chi connectivity index (χ3n) is 2.23. The van der Waals surface area contributed by atoms with Crippen LogP contribution in [0.4, 0.5) is 0 Å². The van der Waals surface area contributed by atoms with Gasteiger partial charge in [0.1, 0.15) is 0 Å². The Bertz CT molecular complexity index is 202. The Hall–Kier alpha value is 0.0200. The second kappa shape index (κ2) is 3.18. The summed E-state index contributed by atoms with van der Waals surface area (Å²) >= 11 is 0. The van der Waals surface area contributed by atoms with E-state index in [1.807, 2.05) is 0 Å². The molecule has 0 aromatic carbocycles. The van der Waals surface area contributed by atoms with E-state index < -0.39 is 9.52 Å². The Balaban J connectivity index is 2.14. The van der Waals surface area contributed by atoms with E-state index in [9.17, 15) is 4.21 Å². The molecule has 0 aromatic heterocycles. The second-order valence-electron chi connectivity index (χ2n) is 4.14. The largest absolute Gasteiger partial charge is 0.268 e. The van der Waals surface area contributed by atoms with Crippen molar-refractivity contribution >= 4 is 15.4 Å². The van der Waals surface area contributed by atoms with Crippen molar-refractivity contribution < 1.29 is 4.21 Å². The van der Waals surface area contributed by atoms with Gasteiger partial charge in [-0.2, -0.15) is 0 Å². The minimum atomic E-state index is -1.58. The van der Waals surface area contributed by atoms with E-state index in [1.165, 1.54) is 12.8 Å². The molecule has 1 saturated heterocycles. The lowest BCUT2D eigenvalue weighted by molar-refractivity contribution is 0.461. The van der Waals surface area contributed by atoms with Crippen LogP contribution in [0, 0.1) is 11.8 Å². The molecule has 0 atom stereocenters. The van der Waals surface area contributed by atoms with Gasteiger partial charge < -0.3 is 0 Å². The van der Waals surface area contributed by atoms with Crippen molar-refractivity contribution in [2.24, 2.45) is 11.8 Å². The van der Waals surface area contributed by atoms with Gasteiger partial charge >= 0.3 is 0 Å². The molecule has 1 nitrogen and oxygen atoms in total. The summed E-state index contributed by atoms with van der Waals surface area (Å²) in [6.07, 6.45) is 2.53. The van der Waals surface area contributed by atoms with Crippen LogP contribution in [0.1, 0.15) is 26.7 Å². The van der Waals surface area contributed by atoms with Gasteiger partial charge in [0.2, 0.25) is 0 Å². The standard InChI is InChI=1S/C9H18OS/c1-8(2)4-5-9-6-11(3,10)7-9/h8-9H,3-7H2,1-2H3. The highest BCUT2D eigenvalue weighted by atomic mass is 32.2. The molecule has 1 rings (SSSR count). The van der Waals surface area contributed by atoms with Crippen molar-refractivity contribution in [1.29, 1.82) is 0 Å². The third-order valence-corrected chi connectivity index (χ3v) is 4.39. The van der Waals surface area contributed by atoms with Gasteiger partial charge in [-0.1, -0.05) is 20.3 Å². The molecule has 1 heterocycles. The molecule has 1 aliphatic heterocycles. The molecule has 0 radical (unpaired) electrons. The first-order chi connectivity index (χ1) is 4.99. The van der Waals surface area contributed by atoms with Crippen LogP contribution in [0.15, 0.2) is 0 Å². The Morgan fingerprint density at radius 1 is 1.55 bits per heavy atom. The highest BCUT2D eigenvalue weighted by Crippen LogP contribution is 2.24. The van der Waals surface area contributed by atoms with Crippen molar-refractivity contribution in [3.63, 3.8) is 0 Å². The molecule has 1 fully saturated rings. The molecule has 0 N–H and O–H groups in total. The summed E-state index contributed by atoms with van der Waals surface area (Å²) in [5, 5.41) is 0. The summed E-state index contributed by atoms with van der Waals surface area (Å²) < 4.78 is 11.2. The maximum absolute atomic E-state index is 11.2. The first-order valence-electron chi connectivity index (χ1n) is 4.32. The van der Waals surface area contributed by atoms with Crippen molar-refractivity contribution in [2.45, 2.75) is 26.7 Å².